The van der Waals surface area contributed by atoms with Crippen molar-refractivity contribution >= 4 is 21.4 Å². The first kappa shape index (κ1) is 15.6. The molecule has 0 fully saturated rings. The van der Waals surface area contributed by atoms with Gasteiger partial charge in [-0.2, -0.15) is 0 Å². The van der Waals surface area contributed by atoms with Crippen molar-refractivity contribution in [2.45, 2.75) is 38.3 Å². The SMILES string of the molecule is CCOC(C)CNS(=O)(=O)c1cc(CN)sc1C. The summed E-state index contributed by atoms with van der Waals surface area (Å²) in [7, 11) is -3.47. The van der Waals surface area contributed by atoms with Crippen LogP contribution in [0.15, 0.2) is 11.0 Å². The molecule has 0 bridgehead atoms. The molecule has 0 aliphatic rings. The molecular formula is C11H20N2O3S2. The molecule has 7 heteroatoms. The van der Waals surface area contributed by atoms with E-state index in [1.54, 1.807) is 13.0 Å². The summed E-state index contributed by atoms with van der Waals surface area (Å²) in [4.78, 5) is 1.94. The van der Waals surface area contributed by atoms with Gasteiger partial charge in [-0.1, -0.05) is 0 Å². The summed E-state index contributed by atoms with van der Waals surface area (Å²) >= 11 is 1.41. The summed E-state index contributed by atoms with van der Waals surface area (Å²) in [5.41, 5.74) is 5.51. The summed E-state index contributed by atoms with van der Waals surface area (Å²) in [6.45, 7) is 6.68. The highest BCUT2D eigenvalue weighted by Gasteiger charge is 2.20. The lowest BCUT2D eigenvalue weighted by atomic mass is 10.4. The molecule has 1 atom stereocenters. The Labute approximate surface area is 112 Å². The monoisotopic (exact) mass is 292 g/mol. The maximum Gasteiger partial charge on any atom is 0.241 e. The van der Waals surface area contributed by atoms with Crippen LogP contribution in [0, 0.1) is 6.92 Å². The van der Waals surface area contributed by atoms with Crippen LogP contribution in [0.3, 0.4) is 0 Å². The molecule has 1 heterocycles. The third-order valence-electron chi connectivity index (χ3n) is 2.43. The molecule has 1 aromatic heterocycles. The summed E-state index contributed by atoms with van der Waals surface area (Å²) < 4.78 is 32.0. The van der Waals surface area contributed by atoms with Crippen LogP contribution < -0.4 is 10.5 Å². The Morgan fingerprint density at radius 2 is 2.22 bits per heavy atom. The Morgan fingerprint density at radius 1 is 1.56 bits per heavy atom. The molecule has 0 spiro atoms. The van der Waals surface area contributed by atoms with Gasteiger partial charge in [0.15, 0.2) is 0 Å². The molecule has 0 aliphatic carbocycles. The fourth-order valence-corrected chi connectivity index (χ4v) is 4.17. The number of thiophene rings is 1. The number of hydrogen-bond acceptors (Lipinski definition) is 5. The molecule has 1 aromatic rings. The van der Waals surface area contributed by atoms with E-state index in [1.165, 1.54) is 11.3 Å². The quantitative estimate of drug-likeness (QED) is 0.791. The fourth-order valence-electron chi connectivity index (χ4n) is 1.54. The summed E-state index contributed by atoms with van der Waals surface area (Å²) in [5.74, 6) is 0. The number of nitrogens with one attached hydrogen (secondary N) is 1. The summed E-state index contributed by atoms with van der Waals surface area (Å²) in [6, 6.07) is 1.63. The zero-order valence-electron chi connectivity index (χ0n) is 10.9. The first-order chi connectivity index (χ1) is 8.40. The molecule has 1 unspecified atom stereocenters. The molecule has 0 aliphatic heterocycles. The standard InChI is InChI=1S/C11H20N2O3S2/c1-4-16-8(2)7-13-18(14,15)11-5-10(6-12)17-9(11)3/h5,8,13H,4,6-7,12H2,1-3H3. The van der Waals surface area contributed by atoms with Gasteiger partial charge in [-0.15, -0.1) is 11.3 Å². The van der Waals surface area contributed by atoms with Crippen molar-refractivity contribution in [3.63, 3.8) is 0 Å². The van der Waals surface area contributed by atoms with Gasteiger partial charge in [0.25, 0.3) is 0 Å². The van der Waals surface area contributed by atoms with Crippen molar-refractivity contribution in [2.75, 3.05) is 13.2 Å². The third kappa shape index (κ3) is 4.03. The van der Waals surface area contributed by atoms with Crippen LogP contribution >= 0.6 is 11.3 Å². The maximum atomic E-state index is 12.1. The topological polar surface area (TPSA) is 81.4 Å². The zero-order chi connectivity index (χ0) is 13.8. The van der Waals surface area contributed by atoms with Gasteiger partial charge in [0, 0.05) is 29.5 Å². The molecule has 104 valence electrons. The van der Waals surface area contributed by atoms with Crippen molar-refractivity contribution in [2.24, 2.45) is 5.73 Å². The number of nitrogens with two attached hydrogens (primary N) is 1. The minimum absolute atomic E-state index is 0.141. The Bertz CT molecular complexity index is 482. The van der Waals surface area contributed by atoms with Crippen LogP contribution in [0.5, 0.6) is 0 Å². The smallest absolute Gasteiger partial charge is 0.241 e. The number of sulfonamides is 1. The van der Waals surface area contributed by atoms with Gasteiger partial charge in [0.05, 0.1) is 11.0 Å². The van der Waals surface area contributed by atoms with Gasteiger partial charge in [0.1, 0.15) is 0 Å². The van der Waals surface area contributed by atoms with Crippen LogP contribution in [-0.4, -0.2) is 27.7 Å². The maximum absolute atomic E-state index is 12.1. The minimum Gasteiger partial charge on any atom is -0.377 e. The Morgan fingerprint density at radius 3 is 2.72 bits per heavy atom. The van der Waals surface area contributed by atoms with Gasteiger partial charge < -0.3 is 10.5 Å². The second-order valence-electron chi connectivity index (χ2n) is 3.96. The van der Waals surface area contributed by atoms with Crippen LogP contribution in [0.25, 0.3) is 0 Å². The van der Waals surface area contributed by atoms with E-state index in [0.717, 1.165) is 9.75 Å². The minimum atomic E-state index is -3.47. The normalized spacial score (nSPS) is 13.8. The fraction of sp³-hybridized carbons (Fsp3) is 0.636. The first-order valence-corrected chi connectivity index (χ1v) is 8.11. The van der Waals surface area contributed by atoms with Crippen LogP contribution in [-0.2, 0) is 21.3 Å². The van der Waals surface area contributed by atoms with Gasteiger partial charge in [0.2, 0.25) is 10.0 Å². The predicted octanol–water partition coefficient (Wildman–Crippen LogP) is 1.22. The highest BCUT2D eigenvalue weighted by molar-refractivity contribution is 7.89. The van der Waals surface area contributed by atoms with Crippen molar-refractivity contribution < 1.29 is 13.2 Å². The van der Waals surface area contributed by atoms with Crippen molar-refractivity contribution in [3.8, 4) is 0 Å². The van der Waals surface area contributed by atoms with E-state index < -0.39 is 10.0 Å². The molecule has 0 saturated heterocycles. The molecule has 0 aromatic carbocycles. The largest absolute Gasteiger partial charge is 0.377 e. The number of ether oxygens (including phenoxy) is 1. The van der Waals surface area contributed by atoms with Gasteiger partial charge in [-0.25, -0.2) is 13.1 Å². The van der Waals surface area contributed by atoms with E-state index in [9.17, 15) is 8.42 Å². The lowest BCUT2D eigenvalue weighted by Crippen LogP contribution is -2.32. The van der Waals surface area contributed by atoms with E-state index in [1.807, 2.05) is 13.8 Å². The molecule has 0 amide bonds. The van der Waals surface area contributed by atoms with Crippen molar-refractivity contribution in [3.05, 3.63) is 15.8 Å². The van der Waals surface area contributed by atoms with E-state index in [0.29, 0.717) is 18.0 Å². The number of hydrogen-bond donors (Lipinski definition) is 2. The third-order valence-corrected chi connectivity index (χ3v) is 5.18. The second-order valence-corrected chi connectivity index (χ2v) is 7.03. The average molecular weight is 292 g/mol. The average Bonchev–Trinajstić information content (AvgIpc) is 2.69. The predicted molar refractivity (Wildman–Crippen MR) is 73.2 cm³/mol. The second kappa shape index (κ2) is 6.63. The molecular weight excluding hydrogens is 272 g/mol. The van der Waals surface area contributed by atoms with Gasteiger partial charge >= 0.3 is 0 Å². The summed E-state index contributed by atoms with van der Waals surface area (Å²) in [6.07, 6.45) is -0.141. The number of rotatable bonds is 7. The van der Waals surface area contributed by atoms with Crippen LogP contribution in [0.1, 0.15) is 23.6 Å². The Hall–Kier alpha value is -0.470. The van der Waals surface area contributed by atoms with Crippen molar-refractivity contribution in [1.82, 2.24) is 4.72 Å². The highest BCUT2D eigenvalue weighted by Crippen LogP contribution is 2.25. The Balaban J connectivity index is 2.76. The number of aryl methyl sites for hydroxylation is 1. The molecule has 0 radical (unpaired) electrons. The lowest BCUT2D eigenvalue weighted by Gasteiger charge is -2.12. The van der Waals surface area contributed by atoms with Gasteiger partial charge in [-0.05, 0) is 26.8 Å². The molecule has 5 nitrogen and oxygen atoms in total. The molecule has 1 rings (SSSR count). The molecule has 0 saturated carbocycles. The van der Waals surface area contributed by atoms with E-state index >= 15 is 0 Å². The molecule has 18 heavy (non-hydrogen) atoms. The van der Waals surface area contributed by atoms with E-state index in [4.69, 9.17) is 10.5 Å². The lowest BCUT2D eigenvalue weighted by molar-refractivity contribution is 0.0799. The van der Waals surface area contributed by atoms with E-state index in [-0.39, 0.29) is 12.6 Å². The van der Waals surface area contributed by atoms with Crippen molar-refractivity contribution in [1.29, 1.82) is 0 Å². The highest BCUT2D eigenvalue weighted by atomic mass is 32.2. The van der Waals surface area contributed by atoms with Crippen LogP contribution in [0.4, 0.5) is 0 Å². The zero-order valence-corrected chi connectivity index (χ0v) is 12.5. The van der Waals surface area contributed by atoms with Crippen LogP contribution in [0.2, 0.25) is 0 Å². The van der Waals surface area contributed by atoms with Gasteiger partial charge in [-0.3, -0.25) is 0 Å². The molecule has 3 N–H and O–H groups in total. The Kier molecular flexibility index (Phi) is 5.74. The van der Waals surface area contributed by atoms with E-state index in [2.05, 4.69) is 4.72 Å². The summed E-state index contributed by atoms with van der Waals surface area (Å²) in [5, 5.41) is 0. The first-order valence-electron chi connectivity index (χ1n) is 5.81.